The largest absolute Gasteiger partial charge is 0.378 e. The van der Waals surface area contributed by atoms with Crippen LogP contribution in [0.4, 0.5) is 14.5 Å². The minimum absolute atomic E-state index is 0.0368. The molecule has 2 aromatic rings. The Hall–Kier alpha value is -1.91. The van der Waals surface area contributed by atoms with E-state index in [9.17, 15) is 8.78 Å². The molecule has 0 saturated carbocycles. The van der Waals surface area contributed by atoms with E-state index >= 15 is 0 Å². The number of rotatable bonds is 4. The molecule has 0 bridgehead atoms. The second kappa shape index (κ2) is 5.16. The maximum Gasteiger partial charge on any atom is 0.131 e. The van der Waals surface area contributed by atoms with E-state index in [1.54, 1.807) is 10.9 Å². The van der Waals surface area contributed by atoms with Gasteiger partial charge in [-0.3, -0.25) is 4.68 Å². The van der Waals surface area contributed by atoms with Gasteiger partial charge in [0, 0.05) is 24.3 Å². The number of halogens is 2. The fourth-order valence-corrected chi connectivity index (χ4v) is 1.60. The van der Waals surface area contributed by atoms with Crippen molar-refractivity contribution in [3.63, 3.8) is 0 Å². The summed E-state index contributed by atoms with van der Waals surface area (Å²) < 4.78 is 28.5. The lowest BCUT2D eigenvalue weighted by Crippen LogP contribution is -2.04. The first-order chi connectivity index (χ1) is 8.58. The van der Waals surface area contributed by atoms with Crippen LogP contribution in [0.15, 0.2) is 30.6 Å². The van der Waals surface area contributed by atoms with Crippen molar-refractivity contribution in [2.45, 2.75) is 26.4 Å². The third-order valence-electron chi connectivity index (χ3n) is 2.66. The molecule has 5 heteroatoms. The van der Waals surface area contributed by atoms with Crippen LogP contribution in [0.3, 0.4) is 0 Å². The fourth-order valence-electron chi connectivity index (χ4n) is 1.60. The van der Waals surface area contributed by atoms with Gasteiger partial charge in [-0.2, -0.15) is 5.10 Å². The second-order valence-corrected chi connectivity index (χ2v) is 4.36. The quantitative estimate of drug-likeness (QED) is 0.903. The molecule has 18 heavy (non-hydrogen) atoms. The molecule has 3 nitrogen and oxygen atoms in total. The zero-order valence-corrected chi connectivity index (χ0v) is 10.3. The number of nitrogens with zero attached hydrogens (tertiary/aromatic N) is 2. The molecule has 1 heterocycles. The minimum atomic E-state index is -0.543. The Balaban J connectivity index is 2.07. The Labute approximate surface area is 104 Å². The third kappa shape index (κ3) is 2.67. The van der Waals surface area contributed by atoms with Crippen LogP contribution in [0.2, 0.25) is 0 Å². The van der Waals surface area contributed by atoms with Crippen molar-refractivity contribution < 1.29 is 8.78 Å². The Morgan fingerprint density at radius 3 is 2.50 bits per heavy atom. The van der Waals surface area contributed by atoms with E-state index in [0.717, 1.165) is 5.69 Å². The van der Waals surface area contributed by atoms with Gasteiger partial charge in [0.2, 0.25) is 0 Å². The normalized spacial score (nSPS) is 10.9. The zero-order chi connectivity index (χ0) is 13.1. The van der Waals surface area contributed by atoms with Crippen molar-refractivity contribution in [3.05, 3.63) is 47.8 Å². The number of benzene rings is 1. The highest BCUT2D eigenvalue weighted by Gasteiger charge is 2.08. The second-order valence-electron chi connectivity index (χ2n) is 4.36. The van der Waals surface area contributed by atoms with Gasteiger partial charge in [-0.05, 0) is 26.0 Å². The van der Waals surface area contributed by atoms with E-state index in [-0.39, 0.29) is 18.2 Å². The molecule has 0 unspecified atom stereocenters. The maximum absolute atomic E-state index is 13.4. The summed E-state index contributed by atoms with van der Waals surface area (Å²) in [4.78, 5) is 0. The zero-order valence-electron chi connectivity index (χ0n) is 10.3. The van der Waals surface area contributed by atoms with Gasteiger partial charge in [-0.15, -0.1) is 0 Å². The first kappa shape index (κ1) is 12.5. The highest BCUT2D eigenvalue weighted by molar-refractivity contribution is 5.39. The summed E-state index contributed by atoms with van der Waals surface area (Å²) in [6.07, 6.45) is 3.45. The number of anilines is 1. The van der Waals surface area contributed by atoms with Gasteiger partial charge in [-0.1, -0.05) is 6.07 Å². The minimum Gasteiger partial charge on any atom is -0.378 e. The predicted octanol–water partition coefficient (Wildman–Crippen LogP) is 3.35. The van der Waals surface area contributed by atoms with Crippen molar-refractivity contribution in [2.75, 3.05) is 5.32 Å². The van der Waals surface area contributed by atoms with Crippen molar-refractivity contribution in [1.82, 2.24) is 9.78 Å². The lowest BCUT2D eigenvalue weighted by atomic mass is 10.2. The first-order valence-corrected chi connectivity index (χ1v) is 5.79. The SMILES string of the molecule is CC(C)n1cc(NCc2c(F)cccc2F)cn1. The molecule has 1 aromatic heterocycles. The van der Waals surface area contributed by atoms with E-state index < -0.39 is 11.6 Å². The van der Waals surface area contributed by atoms with Crippen LogP contribution >= 0.6 is 0 Å². The Bertz CT molecular complexity index is 515. The topological polar surface area (TPSA) is 29.9 Å². The number of aromatic nitrogens is 2. The standard InChI is InChI=1S/C13H15F2N3/c1-9(2)18-8-10(6-17-18)16-7-11-12(14)4-3-5-13(11)15/h3-6,8-9,16H,7H2,1-2H3. The molecule has 96 valence electrons. The molecule has 0 amide bonds. The smallest absolute Gasteiger partial charge is 0.131 e. The summed E-state index contributed by atoms with van der Waals surface area (Å²) in [5, 5.41) is 7.09. The van der Waals surface area contributed by atoms with Crippen molar-refractivity contribution in [3.8, 4) is 0 Å². The van der Waals surface area contributed by atoms with Crippen LogP contribution in [0.1, 0.15) is 25.5 Å². The summed E-state index contributed by atoms with van der Waals surface area (Å²) in [6, 6.07) is 4.10. The summed E-state index contributed by atoms with van der Waals surface area (Å²) in [7, 11) is 0. The van der Waals surface area contributed by atoms with Gasteiger partial charge in [0.05, 0.1) is 11.9 Å². The molecule has 0 radical (unpaired) electrons. The highest BCUT2D eigenvalue weighted by Crippen LogP contribution is 2.15. The summed E-state index contributed by atoms with van der Waals surface area (Å²) in [6.45, 7) is 4.11. The molecule has 2 rings (SSSR count). The van der Waals surface area contributed by atoms with E-state index in [4.69, 9.17) is 0 Å². The third-order valence-corrected chi connectivity index (χ3v) is 2.66. The summed E-state index contributed by atoms with van der Waals surface area (Å²) in [5.74, 6) is -1.09. The molecule has 0 aliphatic carbocycles. The van der Waals surface area contributed by atoms with E-state index in [0.29, 0.717) is 0 Å². The van der Waals surface area contributed by atoms with Crippen LogP contribution in [-0.4, -0.2) is 9.78 Å². The number of nitrogens with one attached hydrogen (secondary N) is 1. The highest BCUT2D eigenvalue weighted by atomic mass is 19.1. The van der Waals surface area contributed by atoms with Crippen LogP contribution in [0.5, 0.6) is 0 Å². The van der Waals surface area contributed by atoms with E-state index in [1.165, 1.54) is 18.2 Å². The van der Waals surface area contributed by atoms with Gasteiger partial charge >= 0.3 is 0 Å². The number of hydrogen-bond donors (Lipinski definition) is 1. The Morgan fingerprint density at radius 2 is 1.94 bits per heavy atom. The maximum atomic E-state index is 13.4. The van der Waals surface area contributed by atoms with Crippen LogP contribution < -0.4 is 5.32 Å². The van der Waals surface area contributed by atoms with Gasteiger partial charge < -0.3 is 5.32 Å². The van der Waals surface area contributed by atoms with E-state index in [1.807, 2.05) is 20.0 Å². The van der Waals surface area contributed by atoms with Crippen molar-refractivity contribution in [1.29, 1.82) is 0 Å². The molecular formula is C13H15F2N3. The van der Waals surface area contributed by atoms with Gasteiger partial charge in [0.25, 0.3) is 0 Å². The van der Waals surface area contributed by atoms with Crippen molar-refractivity contribution in [2.24, 2.45) is 0 Å². The summed E-state index contributed by atoms with van der Waals surface area (Å²) in [5.41, 5.74) is 0.779. The molecule has 0 atom stereocenters. The van der Waals surface area contributed by atoms with Crippen LogP contribution in [0.25, 0.3) is 0 Å². The lowest BCUT2D eigenvalue weighted by molar-refractivity contribution is 0.532. The Morgan fingerprint density at radius 1 is 1.28 bits per heavy atom. The Kier molecular flexibility index (Phi) is 3.60. The molecule has 0 saturated heterocycles. The molecule has 0 aliphatic heterocycles. The predicted molar refractivity (Wildman–Crippen MR) is 66.3 cm³/mol. The van der Waals surface area contributed by atoms with Gasteiger partial charge in [0.1, 0.15) is 11.6 Å². The van der Waals surface area contributed by atoms with Crippen LogP contribution in [0, 0.1) is 11.6 Å². The van der Waals surface area contributed by atoms with Gasteiger partial charge in [-0.25, -0.2) is 8.78 Å². The van der Waals surface area contributed by atoms with Crippen molar-refractivity contribution >= 4 is 5.69 Å². The summed E-state index contributed by atoms with van der Waals surface area (Å²) >= 11 is 0. The average molecular weight is 251 g/mol. The molecule has 1 N–H and O–H groups in total. The fraction of sp³-hybridized carbons (Fsp3) is 0.308. The molecular weight excluding hydrogens is 236 g/mol. The monoisotopic (exact) mass is 251 g/mol. The molecule has 0 spiro atoms. The first-order valence-electron chi connectivity index (χ1n) is 5.79. The molecule has 1 aromatic carbocycles. The number of hydrogen-bond acceptors (Lipinski definition) is 2. The average Bonchev–Trinajstić information content (AvgIpc) is 2.77. The molecule has 0 fully saturated rings. The lowest BCUT2D eigenvalue weighted by Gasteiger charge is -2.06. The molecule has 0 aliphatic rings. The van der Waals surface area contributed by atoms with E-state index in [2.05, 4.69) is 10.4 Å². The van der Waals surface area contributed by atoms with Crippen LogP contribution in [-0.2, 0) is 6.54 Å². The van der Waals surface area contributed by atoms with Gasteiger partial charge in [0.15, 0.2) is 0 Å².